The molecule has 274 valence electrons. The Morgan fingerprint density at radius 2 is 0.965 bits per heavy atom. The van der Waals surface area contributed by atoms with Gasteiger partial charge in [-0.05, 0) is 129 Å². The minimum Gasteiger partial charge on any atom is -0.456 e. The summed E-state index contributed by atoms with van der Waals surface area (Å²) >= 11 is 0. The minimum absolute atomic E-state index is 0.0783. The second-order valence-electron chi connectivity index (χ2n) is 17.6. The molecule has 0 saturated carbocycles. The second kappa shape index (κ2) is 11.5. The first-order valence-corrected chi connectivity index (χ1v) is 20.3. The highest BCUT2D eigenvalue weighted by atomic mass is 16.3. The summed E-state index contributed by atoms with van der Waals surface area (Å²) in [6, 6.07) is 58.3. The van der Waals surface area contributed by atoms with Crippen molar-refractivity contribution in [3.8, 4) is 22.5 Å². The molecule has 0 N–H and O–H groups in total. The van der Waals surface area contributed by atoms with E-state index < -0.39 is 0 Å². The Labute approximate surface area is 331 Å². The Morgan fingerprint density at radius 1 is 0.404 bits per heavy atom. The first-order valence-electron chi connectivity index (χ1n) is 20.3. The van der Waals surface area contributed by atoms with Crippen LogP contribution < -0.4 is 0 Å². The number of hydrogen-bond acceptors (Lipinski definition) is 1. The van der Waals surface area contributed by atoms with Crippen LogP contribution in [-0.4, -0.2) is 9.13 Å². The number of aromatic nitrogens is 2. The molecule has 0 atom stereocenters. The van der Waals surface area contributed by atoms with Gasteiger partial charge in [0.15, 0.2) is 0 Å². The van der Waals surface area contributed by atoms with Crippen LogP contribution in [0.2, 0.25) is 0 Å². The summed E-state index contributed by atoms with van der Waals surface area (Å²) < 4.78 is 11.2. The molecule has 0 amide bonds. The third-order valence-corrected chi connectivity index (χ3v) is 13.4. The number of benzene rings is 8. The van der Waals surface area contributed by atoms with Gasteiger partial charge in [0, 0.05) is 43.7 Å². The molecule has 0 fully saturated rings. The molecule has 0 saturated heterocycles. The van der Waals surface area contributed by atoms with Gasteiger partial charge in [0.05, 0.1) is 22.1 Å². The van der Waals surface area contributed by atoms with Gasteiger partial charge in [-0.1, -0.05) is 113 Å². The highest BCUT2D eigenvalue weighted by molar-refractivity contribution is 6.33. The zero-order valence-corrected chi connectivity index (χ0v) is 32.7. The summed E-state index contributed by atoms with van der Waals surface area (Å²) in [6.07, 6.45) is 2.34. The Kier molecular flexibility index (Phi) is 6.58. The van der Waals surface area contributed by atoms with Gasteiger partial charge in [-0.2, -0.15) is 0 Å². The van der Waals surface area contributed by atoms with E-state index in [1.165, 1.54) is 95.2 Å². The van der Waals surface area contributed by atoms with Crippen molar-refractivity contribution in [1.82, 2.24) is 9.13 Å². The van der Waals surface area contributed by atoms with Crippen molar-refractivity contribution in [2.75, 3.05) is 0 Å². The molecule has 3 aromatic heterocycles. The molecule has 0 unspecified atom stereocenters. The van der Waals surface area contributed by atoms with Crippen LogP contribution in [0.15, 0.2) is 162 Å². The van der Waals surface area contributed by atoms with Gasteiger partial charge in [-0.3, -0.25) is 0 Å². The van der Waals surface area contributed by atoms with E-state index in [-0.39, 0.29) is 10.8 Å². The molecular formula is C54H42N2O. The average Bonchev–Trinajstić information content (AvgIpc) is 3.89. The molecule has 0 aliphatic heterocycles. The van der Waals surface area contributed by atoms with Crippen molar-refractivity contribution < 1.29 is 4.42 Å². The Balaban J connectivity index is 1.18. The molecule has 8 aromatic carbocycles. The molecule has 12 rings (SSSR count). The Hall–Kier alpha value is -6.58. The third-order valence-electron chi connectivity index (χ3n) is 13.4. The summed E-state index contributed by atoms with van der Waals surface area (Å²) in [4.78, 5) is 0. The number of nitrogens with zero attached hydrogens (tertiary/aromatic N) is 2. The van der Waals surface area contributed by atoms with Crippen LogP contribution in [0.4, 0.5) is 0 Å². The number of furan rings is 1. The van der Waals surface area contributed by atoms with Crippen molar-refractivity contribution in [2.45, 2.75) is 51.4 Å². The van der Waals surface area contributed by atoms with Crippen molar-refractivity contribution >= 4 is 76.3 Å². The van der Waals surface area contributed by atoms with Crippen LogP contribution in [0.25, 0.3) is 98.8 Å². The van der Waals surface area contributed by atoms with Crippen LogP contribution in [-0.2, 0) is 10.8 Å². The molecular weight excluding hydrogens is 693 g/mol. The number of rotatable bonds is 3. The third kappa shape index (κ3) is 4.60. The maximum Gasteiger partial charge on any atom is 0.135 e. The van der Waals surface area contributed by atoms with Crippen molar-refractivity contribution in [1.29, 1.82) is 0 Å². The highest BCUT2D eigenvalue weighted by Gasteiger charge is 2.38. The fraction of sp³-hybridized carbons (Fsp3) is 0.148. The molecule has 3 nitrogen and oxygen atoms in total. The maximum atomic E-state index is 6.16. The smallest absolute Gasteiger partial charge is 0.135 e. The fourth-order valence-corrected chi connectivity index (χ4v) is 10.3. The molecule has 0 bridgehead atoms. The molecule has 0 radical (unpaired) electrons. The van der Waals surface area contributed by atoms with Crippen LogP contribution >= 0.6 is 0 Å². The largest absolute Gasteiger partial charge is 0.456 e. The molecule has 3 heterocycles. The van der Waals surface area contributed by atoms with Gasteiger partial charge < -0.3 is 13.6 Å². The van der Waals surface area contributed by atoms with E-state index in [1.54, 1.807) is 0 Å². The quantitative estimate of drug-likeness (QED) is 0.177. The van der Waals surface area contributed by atoms with E-state index >= 15 is 0 Å². The maximum absolute atomic E-state index is 6.16. The monoisotopic (exact) mass is 734 g/mol. The number of fused-ring (bicyclic) bond motifs is 13. The van der Waals surface area contributed by atoms with Crippen molar-refractivity contribution in [3.63, 3.8) is 0 Å². The van der Waals surface area contributed by atoms with E-state index in [9.17, 15) is 0 Å². The summed E-state index contributed by atoms with van der Waals surface area (Å²) in [5, 5.41) is 10.1. The lowest BCUT2D eigenvalue weighted by Crippen LogP contribution is -2.33. The lowest BCUT2D eigenvalue weighted by atomic mass is 9.63. The van der Waals surface area contributed by atoms with Crippen LogP contribution in [0.1, 0.15) is 51.7 Å². The van der Waals surface area contributed by atoms with Crippen molar-refractivity contribution in [2.24, 2.45) is 0 Å². The van der Waals surface area contributed by atoms with E-state index in [4.69, 9.17) is 4.42 Å². The van der Waals surface area contributed by atoms with Gasteiger partial charge in [0.1, 0.15) is 11.2 Å². The molecule has 11 aromatic rings. The van der Waals surface area contributed by atoms with Gasteiger partial charge in [-0.15, -0.1) is 0 Å². The number of para-hydroxylation sites is 2. The van der Waals surface area contributed by atoms with Gasteiger partial charge in [0.25, 0.3) is 0 Å². The minimum atomic E-state index is 0.0783. The van der Waals surface area contributed by atoms with Crippen molar-refractivity contribution in [3.05, 3.63) is 169 Å². The predicted octanol–water partition coefficient (Wildman–Crippen LogP) is 14.9. The zero-order valence-electron chi connectivity index (χ0n) is 32.7. The van der Waals surface area contributed by atoms with Crippen LogP contribution in [0, 0.1) is 0 Å². The SMILES string of the molecule is CC1(C)CCC(C)(C)c2cc3c(cc21)c1c2c4c5ccccc5ccc4n(-c4ccccc4)c2ccc1n3-c1ccc(-c2ccc3oc4ccccc4c3c2)cc1. The first-order chi connectivity index (χ1) is 27.7. The Bertz CT molecular complexity index is 3440. The normalized spacial score (nSPS) is 15.2. The molecule has 3 heteroatoms. The predicted molar refractivity (Wildman–Crippen MR) is 241 cm³/mol. The highest BCUT2D eigenvalue weighted by Crippen LogP contribution is 2.51. The van der Waals surface area contributed by atoms with Gasteiger partial charge in [0.2, 0.25) is 0 Å². The molecule has 57 heavy (non-hydrogen) atoms. The van der Waals surface area contributed by atoms with Gasteiger partial charge in [-0.25, -0.2) is 0 Å². The zero-order chi connectivity index (χ0) is 38.2. The van der Waals surface area contributed by atoms with Crippen LogP contribution in [0.3, 0.4) is 0 Å². The average molecular weight is 735 g/mol. The van der Waals surface area contributed by atoms with E-state index in [0.717, 1.165) is 27.6 Å². The summed E-state index contributed by atoms with van der Waals surface area (Å²) in [6.45, 7) is 9.76. The fourth-order valence-electron chi connectivity index (χ4n) is 10.3. The number of hydrogen-bond donors (Lipinski definition) is 0. The second-order valence-corrected chi connectivity index (χ2v) is 17.6. The molecule has 0 spiro atoms. The van der Waals surface area contributed by atoms with Crippen LogP contribution in [0.5, 0.6) is 0 Å². The lowest BCUT2D eigenvalue weighted by molar-refractivity contribution is 0.332. The van der Waals surface area contributed by atoms with E-state index in [2.05, 4.69) is 182 Å². The molecule has 1 aliphatic rings. The van der Waals surface area contributed by atoms with E-state index in [0.29, 0.717) is 0 Å². The topological polar surface area (TPSA) is 23.0 Å². The van der Waals surface area contributed by atoms with Gasteiger partial charge >= 0.3 is 0 Å². The summed E-state index contributed by atoms with van der Waals surface area (Å²) in [5.41, 5.74) is 14.6. The van der Waals surface area contributed by atoms with E-state index in [1.807, 2.05) is 12.1 Å². The molecule has 1 aliphatic carbocycles. The standard InChI is InChI=1S/C54H42N2O/c1-53(2)28-29-54(3,4)43-32-47-41(31-42(43)53)51-45(56(47)37-22-18-33(19-23-37)35-21-27-49-40(30-35)39-16-10-11-17-48(39)57-49)25-26-46-52(51)50-38-15-9-8-12-34(38)20-24-44(50)55(46)36-13-6-5-7-14-36/h5-27,30-32H,28-29H2,1-4H3. The summed E-state index contributed by atoms with van der Waals surface area (Å²) in [5.74, 6) is 0. The Morgan fingerprint density at radius 3 is 1.74 bits per heavy atom. The lowest BCUT2D eigenvalue weighted by Gasteiger charge is -2.42. The summed E-state index contributed by atoms with van der Waals surface area (Å²) in [7, 11) is 0. The first kappa shape index (κ1) is 32.6.